The fourth-order valence-corrected chi connectivity index (χ4v) is 4.64. The van der Waals surface area contributed by atoms with Gasteiger partial charge in [0.25, 0.3) is 0 Å². The van der Waals surface area contributed by atoms with Gasteiger partial charge in [0.2, 0.25) is 0 Å². The largest absolute Gasteiger partial charge is 0.494 e. The zero-order valence-electron chi connectivity index (χ0n) is 21.9. The van der Waals surface area contributed by atoms with E-state index in [-0.39, 0.29) is 23.3 Å². The van der Waals surface area contributed by atoms with Gasteiger partial charge in [-0.05, 0) is 66.7 Å². The molecule has 3 aromatic carbocycles. The third-order valence-corrected chi connectivity index (χ3v) is 6.75. The van der Waals surface area contributed by atoms with Crippen LogP contribution >= 0.6 is 24.0 Å². The van der Waals surface area contributed by atoms with Gasteiger partial charge in [-0.3, -0.25) is 4.90 Å². The average Bonchev–Trinajstić information content (AvgIpc) is 2.88. The molecule has 0 aliphatic heterocycles. The van der Waals surface area contributed by atoms with Gasteiger partial charge in [-0.15, -0.1) is 12.4 Å². The molecule has 0 heterocycles. The summed E-state index contributed by atoms with van der Waals surface area (Å²) in [6.45, 7) is 8.30. The zero-order valence-corrected chi connectivity index (χ0v) is 23.5. The number of halogens is 5. The Labute approximate surface area is 235 Å². The van der Waals surface area contributed by atoms with E-state index < -0.39 is 11.7 Å². The third-order valence-electron chi connectivity index (χ3n) is 6.31. The monoisotopic (exact) mass is 568 g/mol. The second-order valence-electron chi connectivity index (χ2n) is 9.28. The average molecular weight is 570 g/mol. The standard InChI is InChI=1S/C30H36ClF3N2O.ClH/c1-3-35-17-16-24-10-7-14-27(20-24)37-19-9-18-36(21-23(2)25-11-5-4-6-12-25)22-26-13-8-15-28(29(26)31)30(32,33)34;/h4-8,10-15,20,23,35H,3,9,16-19,21-22H2,1-2H3;1H/t23-;/m1./s1. The fourth-order valence-electron chi connectivity index (χ4n) is 4.35. The van der Waals surface area contributed by atoms with Crippen LogP contribution in [0.3, 0.4) is 0 Å². The van der Waals surface area contributed by atoms with Gasteiger partial charge in [0.1, 0.15) is 5.75 Å². The van der Waals surface area contributed by atoms with Crippen LogP contribution < -0.4 is 10.1 Å². The quantitative estimate of drug-likeness (QED) is 0.199. The lowest BCUT2D eigenvalue weighted by molar-refractivity contribution is -0.137. The number of nitrogens with one attached hydrogen (secondary N) is 1. The topological polar surface area (TPSA) is 24.5 Å². The number of hydrogen-bond donors (Lipinski definition) is 1. The van der Waals surface area contributed by atoms with Crippen molar-refractivity contribution < 1.29 is 17.9 Å². The van der Waals surface area contributed by atoms with Gasteiger partial charge in [-0.1, -0.05) is 80.0 Å². The summed E-state index contributed by atoms with van der Waals surface area (Å²) in [6, 6.07) is 22.4. The minimum Gasteiger partial charge on any atom is -0.494 e. The van der Waals surface area contributed by atoms with Crippen LogP contribution in [0.5, 0.6) is 5.75 Å². The second-order valence-corrected chi connectivity index (χ2v) is 9.65. The fraction of sp³-hybridized carbons (Fsp3) is 0.400. The SMILES string of the molecule is CCNCCc1cccc(OCCCN(Cc2cccc(C(F)(F)F)c2Cl)C[C@@H](C)c2ccccc2)c1.Cl. The Hall–Kier alpha value is -2.25. The van der Waals surface area contributed by atoms with Crippen LogP contribution in [0.25, 0.3) is 0 Å². The van der Waals surface area contributed by atoms with Gasteiger partial charge in [-0.2, -0.15) is 13.2 Å². The van der Waals surface area contributed by atoms with Crippen molar-refractivity contribution in [3.05, 3.63) is 100 Å². The smallest absolute Gasteiger partial charge is 0.417 e. The summed E-state index contributed by atoms with van der Waals surface area (Å²) in [7, 11) is 0. The molecule has 0 fully saturated rings. The Morgan fingerprint density at radius 2 is 1.74 bits per heavy atom. The predicted octanol–water partition coefficient (Wildman–Crippen LogP) is 8.01. The molecule has 0 saturated carbocycles. The molecule has 1 atom stereocenters. The minimum atomic E-state index is -4.48. The lowest BCUT2D eigenvalue weighted by Crippen LogP contribution is -2.30. The van der Waals surface area contributed by atoms with Crippen molar-refractivity contribution in [1.82, 2.24) is 10.2 Å². The first-order valence-corrected chi connectivity index (χ1v) is 13.2. The number of benzene rings is 3. The van der Waals surface area contributed by atoms with E-state index >= 15 is 0 Å². The van der Waals surface area contributed by atoms with E-state index in [1.165, 1.54) is 17.2 Å². The summed E-state index contributed by atoms with van der Waals surface area (Å²) >= 11 is 6.22. The number of rotatable bonds is 14. The summed E-state index contributed by atoms with van der Waals surface area (Å²) in [6.07, 6.45) is -2.81. The van der Waals surface area contributed by atoms with Crippen LogP contribution in [-0.4, -0.2) is 37.7 Å². The van der Waals surface area contributed by atoms with E-state index in [1.807, 2.05) is 30.3 Å². The van der Waals surface area contributed by atoms with Crippen molar-refractivity contribution in [3.63, 3.8) is 0 Å². The predicted molar refractivity (Wildman–Crippen MR) is 153 cm³/mol. The van der Waals surface area contributed by atoms with E-state index in [4.69, 9.17) is 16.3 Å². The van der Waals surface area contributed by atoms with Gasteiger partial charge in [-0.25, -0.2) is 0 Å². The molecule has 0 amide bonds. The van der Waals surface area contributed by atoms with Crippen LogP contribution in [0, 0.1) is 0 Å². The molecule has 8 heteroatoms. The van der Waals surface area contributed by atoms with Gasteiger partial charge in [0, 0.05) is 19.6 Å². The van der Waals surface area contributed by atoms with Crippen LogP contribution in [-0.2, 0) is 19.1 Å². The second kappa shape index (κ2) is 16.0. The summed E-state index contributed by atoms with van der Waals surface area (Å²) in [4.78, 5) is 2.16. The summed E-state index contributed by atoms with van der Waals surface area (Å²) in [5, 5.41) is 3.10. The van der Waals surface area contributed by atoms with E-state index in [1.54, 1.807) is 6.07 Å². The minimum absolute atomic E-state index is 0. The summed E-state index contributed by atoms with van der Waals surface area (Å²) in [5.74, 6) is 1.04. The molecular weight excluding hydrogens is 532 g/mol. The van der Waals surface area contributed by atoms with Crippen LogP contribution in [0.2, 0.25) is 5.02 Å². The zero-order chi connectivity index (χ0) is 26.7. The molecule has 3 aromatic rings. The highest BCUT2D eigenvalue weighted by Crippen LogP contribution is 2.36. The van der Waals surface area contributed by atoms with Crippen molar-refractivity contribution in [3.8, 4) is 5.75 Å². The summed E-state index contributed by atoms with van der Waals surface area (Å²) < 4.78 is 46.2. The molecule has 38 heavy (non-hydrogen) atoms. The highest BCUT2D eigenvalue weighted by atomic mass is 35.5. The first-order valence-electron chi connectivity index (χ1n) is 12.8. The molecule has 3 nitrogen and oxygen atoms in total. The molecule has 1 N–H and O–H groups in total. The van der Waals surface area contributed by atoms with E-state index in [0.29, 0.717) is 31.8 Å². The Kier molecular flexibility index (Phi) is 13.5. The Morgan fingerprint density at radius 3 is 2.45 bits per heavy atom. The maximum Gasteiger partial charge on any atom is 0.417 e. The van der Waals surface area contributed by atoms with Crippen LogP contribution in [0.4, 0.5) is 13.2 Å². The molecule has 0 radical (unpaired) electrons. The maximum absolute atomic E-state index is 13.4. The first kappa shape index (κ1) is 32.0. The first-order chi connectivity index (χ1) is 17.8. The Balaban J connectivity index is 0.00000507. The highest BCUT2D eigenvalue weighted by molar-refractivity contribution is 6.32. The van der Waals surface area contributed by atoms with Crippen molar-refractivity contribution in [2.75, 3.05) is 32.8 Å². The molecule has 0 aromatic heterocycles. The summed E-state index contributed by atoms with van der Waals surface area (Å²) in [5.41, 5.74) is 2.09. The van der Waals surface area contributed by atoms with Crippen LogP contribution in [0.15, 0.2) is 72.8 Å². The van der Waals surface area contributed by atoms with E-state index in [9.17, 15) is 13.2 Å². The lowest BCUT2D eigenvalue weighted by Gasteiger charge is -2.27. The van der Waals surface area contributed by atoms with E-state index in [0.717, 1.165) is 37.7 Å². The normalized spacial score (nSPS) is 12.3. The Bertz CT molecular complexity index is 1100. The van der Waals surface area contributed by atoms with Gasteiger partial charge in [0.15, 0.2) is 0 Å². The molecule has 0 aliphatic rings. The molecule has 0 unspecified atom stereocenters. The van der Waals surface area contributed by atoms with Gasteiger partial charge in [0.05, 0.1) is 17.2 Å². The van der Waals surface area contributed by atoms with Crippen LogP contribution in [0.1, 0.15) is 48.4 Å². The van der Waals surface area contributed by atoms with Gasteiger partial charge >= 0.3 is 6.18 Å². The number of ether oxygens (including phenoxy) is 1. The number of alkyl halides is 3. The van der Waals surface area contributed by atoms with E-state index in [2.05, 4.69) is 48.3 Å². The third kappa shape index (κ3) is 10.1. The molecule has 0 aliphatic carbocycles. The number of nitrogens with zero attached hydrogens (tertiary/aromatic N) is 1. The molecule has 3 rings (SSSR count). The lowest BCUT2D eigenvalue weighted by atomic mass is 10.00. The molecule has 208 valence electrons. The van der Waals surface area contributed by atoms with Crippen molar-refractivity contribution in [2.45, 2.75) is 45.3 Å². The van der Waals surface area contributed by atoms with Crippen molar-refractivity contribution in [2.24, 2.45) is 0 Å². The van der Waals surface area contributed by atoms with Gasteiger partial charge < -0.3 is 10.1 Å². The molecule has 0 saturated heterocycles. The maximum atomic E-state index is 13.4. The molecule has 0 spiro atoms. The number of hydrogen-bond acceptors (Lipinski definition) is 3. The number of likely N-dealkylation sites (N-methyl/N-ethyl adjacent to an activating group) is 1. The van der Waals surface area contributed by atoms with Crippen molar-refractivity contribution >= 4 is 24.0 Å². The molecular formula is C30H37Cl2F3N2O. The van der Waals surface area contributed by atoms with Crippen molar-refractivity contribution in [1.29, 1.82) is 0 Å². The highest BCUT2D eigenvalue weighted by Gasteiger charge is 2.34. The molecule has 0 bridgehead atoms. The Morgan fingerprint density at radius 1 is 1.00 bits per heavy atom.